The van der Waals surface area contributed by atoms with Crippen molar-refractivity contribution in [2.75, 3.05) is 11.4 Å². The number of hydrogen-bond donors (Lipinski definition) is 1. The van der Waals surface area contributed by atoms with Gasteiger partial charge in [0, 0.05) is 5.69 Å². The number of nitrogens with one attached hydrogen (secondary N) is 1. The smallest absolute Gasteiger partial charge is 0.252 e. The fourth-order valence-electron chi connectivity index (χ4n) is 2.10. The third-order valence-corrected chi connectivity index (χ3v) is 3.34. The van der Waals surface area contributed by atoms with Gasteiger partial charge in [-0.25, -0.2) is 0 Å². The number of aryl methyl sites for hydroxylation is 2. The predicted molar refractivity (Wildman–Crippen MR) is 70.5 cm³/mol. The number of nitrogens with zero attached hydrogens (tertiary/aromatic N) is 1. The summed E-state index contributed by atoms with van der Waals surface area (Å²) in [6.45, 7) is 7.55. The van der Waals surface area contributed by atoms with Crippen LogP contribution in [0.4, 0.5) is 5.69 Å². The van der Waals surface area contributed by atoms with Crippen molar-refractivity contribution in [2.24, 2.45) is 0 Å². The molecule has 1 aromatic rings. The molecule has 4 nitrogen and oxygen atoms in total. The van der Waals surface area contributed by atoms with Crippen LogP contribution in [0.1, 0.15) is 25.0 Å². The van der Waals surface area contributed by atoms with Gasteiger partial charge < -0.3 is 10.2 Å². The maximum absolute atomic E-state index is 12.3. The monoisotopic (exact) mass is 246 g/mol. The molecule has 0 aromatic heterocycles. The Morgan fingerprint density at radius 1 is 1.17 bits per heavy atom. The van der Waals surface area contributed by atoms with Gasteiger partial charge in [-0.2, -0.15) is 0 Å². The van der Waals surface area contributed by atoms with Gasteiger partial charge in [-0.05, 0) is 51.0 Å². The highest BCUT2D eigenvalue weighted by molar-refractivity contribution is 6.08. The Kier molecular flexibility index (Phi) is 2.89. The molecular weight excluding hydrogens is 228 g/mol. The van der Waals surface area contributed by atoms with Gasteiger partial charge in [-0.1, -0.05) is 6.07 Å². The third-order valence-electron chi connectivity index (χ3n) is 3.34. The first-order valence-electron chi connectivity index (χ1n) is 6.01. The third kappa shape index (κ3) is 2.10. The van der Waals surface area contributed by atoms with Crippen LogP contribution in [0.3, 0.4) is 0 Å². The summed E-state index contributed by atoms with van der Waals surface area (Å²) in [6, 6.07) is 5.80. The molecule has 4 heteroatoms. The molecule has 2 rings (SSSR count). The fourth-order valence-corrected chi connectivity index (χ4v) is 2.10. The number of amides is 2. The average Bonchev–Trinajstić information content (AvgIpc) is 2.27. The first-order valence-corrected chi connectivity index (χ1v) is 6.01. The molecule has 1 aliphatic heterocycles. The summed E-state index contributed by atoms with van der Waals surface area (Å²) < 4.78 is 0. The van der Waals surface area contributed by atoms with E-state index in [0.717, 1.165) is 11.3 Å². The number of piperazine rings is 1. The fraction of sp³-hybridized carbons (Fsp3) is 0.429. The molecule has 1 saturated heterocycles. The van der Waals surface area contributed by atoms with Crippen LogP contribution in [-0.4, -0.2) is 23.9 Å². The van der Waals surface area contributed by atoms with Crippen molar-refractivity contribution in [2.45, 2.75) is 33.2 Å². The van der Waals surface area contributed by atoms with Crippen LogP contribution in [0.25, 0.3) is 0 Å². The van der Waals surface area contributed by atoms with Crippen LogP contribution < -0.4 is 10.2 Å². The summed E-state index contributed by atoms with van der Waals surface area (Å²) >= 11 is 0. The highest BCUT2D eigenvalue weighted by Crippen LogP contribution is 2.23. The molecule has 1 aliphatic rings. The summed E-state index contributed by atoms with van der Waals surface area (Å²) in [4.78, 5) is 25.5. The Balaban J connectivity index is 2.39. The lowest BCUT2D eigenvalue weighted by Gasteiger charge is -2.37. The minimum Gasteiger partial charge on any atom is -0.341 e. The Morgan fingerprint density at radius 3 is 2.44 bits per heavy atom. The van der Waals surface area contributed by atoms with Crippen LogP contribution >= 0.6 is 0 Å². The molecule has 2 amide bonds. The van der Waals surface area contributed by atoms with E-state index < -0.39 is 5.54 Å². The van der Waals surface area contributed by atoms with Crippen molar-refractivity contribution >= 4 is 17.5 Å². The molecule has 0 bridgehead atoms. The largest absolute Gasteiger partial charge is 0.341 e. The predicted octanol–water partition coefficient (Wildman–Crippen LogP) is 1.54. The Hall–Kier alpha value is -1.84. The first-order chi connectivity index (χ1) is 8.31. The second-order valence-corrected chi connectivity index (χ2v) is 5.33. The summed E-state index contributed by atoms with van der Waals surface area (Å²) in [7, 11) is 0. The second kappa shape index (κ2) is 4.12. The molecule has 18 heavy (non-hydrogen) atoms. The number of rotatable bonds is 1. The normalized spacial score (nSPS) is 18.8. The van der Waals surface area contributed by atoms with Gasteiger partial charge in [-0.15, -0.1) is 0 Å². The molecule has 1 fully saturated rings. The standard InChI is InChI=1S/C14H18N2O2/c1-9-5-6-11(7-10(9)2)16-8-12(17)15-14(3,4)13(16)18/h5-7H,8H2,1-4H3,(H,15,17). The molecule has 1 aromatic carbocycles. The van der Waals surface area contributed by atoms with E-state index in [1.807, 2.05) is 32.0 Å². The van der Waals surface area contributed by atoms with Crippen LogP contribution in [0, 0.1) is 13.8 Å². The molecule has 0 unspecified atom stereocenters. The van der Waals surface area contributed by atoms with E-state index in [9.17, 15) is 9.59 Å². The van der Waals surface area contributed by atoms with E-state index in [1.165, 1.54) is 5.56 Å². The lowest BCUT2D eigenvalue weighted by Crippen LogP contribution is -2.64. The second-order valence-electron chi connectivity index (χ2n) is 5.33. The van der Waals surface area contributed by atoms with E-state index in [0.29, 0.717) is 0 Å². The van der Waals surface area contributed by atoms with E-state index in [-0.39, 0.29) is 18.4 Å². The Bertz CT molecular complexity index is 521. The number of carbonyl (C=O) groups is 2. The summed E-state index contributed by atoms with van der Waals surface area (Å²) in [5, 5.41) is 2.70. The average molecular weight is 246 g/mol. The van der Waals surface area contributed by atoms with Gasteiger partial charge in [0.15, 0.2) is 0 Å². The van der Waals surface area contributed by atoms with Gasteiger partial charge >= 0.3 is 0 Å². The van der Waals surface area contributed by atoms with E-state index in [1.54, 1.807) is 18.7 Å². The lowest BCUT2D eigenvalue weighted by atomic mass is 9.99. The van der Waals surface area contributed by atoms with Crippen LogP contribution in [0.2, 0.25) is 0 Å². The molecule has 96 valence electrons. The zero-order valence-electron chi connectivity index (χ0n) is 11.2. The van der Waals surface area contributed by atoms with Crippen LogP contribution in [0.5, 0.6) is 0 Å². The topological polar surface area (TPSA) is 49.4 Å². The van der Waals surface area contributed by atoms with Gasteiger partial charge in [0.25, 0.3) is 5.91 Å². The quantitative estimate of drug-likeness (QED) is 0.817. The van der Waals surface area contributed by atoms with Crippen LogP contribution in [-0.2, 0) is 9.59 Å². The molecule has 1 N–H and O–H groups in total. The first kappa shape index (κ1) is 12.6. The molecule has 0 radical (unpaired) electrons. The minimum absolute atomic E-state index is 0.0784. The summed E-state index contributed by atoms with van der Waals surface area (Å²) in [6.07, 6.45) is 0. The Labute approximate surface area is 107 Å². The summed E-state index contributed by atoms with van der Waals surface area (Å²) in [5.74, 6) is -0.205. The van der Waals surface area contributed by atoms with E-state index in [2.05, 4.69) is 5.32 Å². The van der Waals surface area contributed by atoms with Gasteiger partial charge in [0.05, 0.1) is 0 Å². The molecule has 0 aliphatic carbocycles. The highest BCUT2D eigenvalue weighted by Gasteiger charge is 2.39. The molecule has 0 atom stereocenters. The van der Waals surface area contributed by atoms with Crippen molar-refractivity contribution in [1.29, 1.82) is 0 Å². The lowest BCUT2D eigenvalue weighted by molar-refractivity contribution is -0.134. The van der Waals surface area contributed by atoms with Crippen LogP contribution in [0.15, 0.2) is 18.2 Å². The zero-order valence-corrected chi connectivity index (χ0v) is 11.2. The number of carbonyl (C=O) groups excluding carboxylic acids is 2. The van der Waals surface area contributed by atoms with Gasteiger partial charge in [-0.3, -0.25) is 9.59 Å². The van der Waals surface area contributed by atoms with E-state index in [4.69, 9.17) is 0 Å². The number of anilines is 1. The molecule has 0 spiro atoms. The van der Waals surface area contributed by atoms with Crippen molar-refractivity contribution in [3.05, 3.63) is 29.3 Å². The highest BCUT2D eigenvalue weighted by atomic mass is 16.2. The minimum atomic E-state index is -0.839. The summed E-state index contributed by atoms with van der Waals surface area (Å²) in [5.41, 5.74) is 2.23. The molecule has 1 heterocycles. The van der Waals surface area contributed by atoms with E-state index >= 15 is 0 Å². The number of benzene rings is 1. The van der Waals surface area contributed by atoms with Crippen molar-refractivity contribution in [3.63, 3.8) is 0 Å². The maximum Gasteiger partial charge on any atom is 0.252 e. The molecule has 0 saturated carbocycles. The van der Waals surface area contributed by atoms with Crippen molar-refractivity contribution in [1.82, 2.24) is 5.32 Å². The van der Waals surface area contributed by atoms with Crippen molar-refractivity contribution < 1.29 is 9.59 Å². The van der Waals surface area contributed by atoms with Crippen molar-refractivity contribution in [3.8, 4) is 0 Å². The van der Waals surface area contributed by atoms with Gasteiger partial charge in [0.2, 0.25) is 5.91 Å². The zero-order chi connectivity index (χ0) is 13.5. The maximum atomic E-state index is 12.3. The Morgan fingerprint density at radius 2 is 1.83 bits per heavy atom. The molecular formula is C14H18N2O2. The number of hydrogen-bond acceptors (Lipinski definition) is 2. The SMILES string of the molecule is Cc1ccc(N2CC(=O)NC(C)(C)C2=O)cc1C. The van der Waals surface area contributed by atoms with Gasteiger partial charge in [0.1, 0.15) is 12.1 Å².